The van der Waals surface area contributed by atoms with E-state index >= 15 is 0 Å². The van der Waals surface area contributed by atoms with Gasteiger partial charge in [0.1, 0.15) is 11.8 Å². The first-order valence-corrected chi connectivity index (χ1v) is 20.4. The molecule has 2 unspecified atom stereocenters. The van der Waals surface area contributed by atoms with Gasteiger partial charge in [0.15, 0.2) is 0 Å². The Labute approximate surface area is 290 Å². The molecule has 0 saturated carbocycles. The van der Waals surface area contributed by atoms with Crippen molar-refractivity contribution in [1.82, 2.24) is 34.0 Å². The van der Waals surface area contributed by atoms with Crippen LogP contribution in [0.1, 0.15) is 92.1 Å². The van der Waals surface area contributed by atoms with Crippen LogP contribution in [0.2, 0.25) is 0 Å². The number of aryl methyl sites for hydroxylation is 2. The Bertz CT molecular complexity index is 1550. The Hall–Kier alpha value is -3.10. The number of aromatic nitrogens is 6. The third-order valence-corrected chi connectivity index (χ3v) is 8.71. The van der Waals surface area contributed by atoms with E-state index in [2.05, 4.69) is 43.3 Å². The first kappa shape index (κ1) is 40.9. The highest BCUT2D eigenvalue weighted by molar-refractivity contribution is 14.2. The molecule has 12 heteroatoms. The Morgan fingerprint density at radius 2 is 1.74 bits per heavy atom. The molecule has 1 saturated heterocycles. The van der Waals surface area contributed by atoms with Gasteiger partial charge in [0, 0.05) is 31.5 Å². The monoisotopic (exact) mass is 765 g/mol. The molecule has 0 aliphatic carbocycles. The van der Waals surface area contributed by atoms with Gasteiger partial charge in [0.2, 0.25) is 17.7 Å². The number of ether oxygens (including phenoxy) is 2. The van der Waals surface area contributed by atoms with E-state index in [-0.39, 0.29) is 12.0 Å². The fourth-order valence-corrected chi connectivity index (χ4v) is 6.35. The highest BCUT2D eigenvalue weighted by atomic mass is 127. The van der Waals surface area contributed by atoms with Gasteiger partial charge in [-0.3, -0.25) is 9.48 Å². The zero-order chi connectivity index (χ0) is 35.0. The number of terminal acetylenes is 1. The maximum absolute atomic E-state index is 12.8. The molecule has 1 aromatic carbocycles. The van der Waals surface area contributed by atoms with Gasteiger partial charge in [-0.15, -0.1) is 11.5 Å². The molecule has 2 atom stereocenters. The third kappa shape index (κ3) is 9.47. The number of carbonyl (C=O) groups is 1. The Kier molecular flexibility index (Phi) is 18.6. The van der Waals surface area contributed by atoms with Gasteiger partial charge in [-0.05, 0) is 65.9 Å². The van der Waals surface area contributed by atoms with E-state index < -0.39 is 0 Å². The van der Waals surface area contributed by atoms with Crippen LogP contribution in [0, 0.1) is 19.3 Å². The van der Waals surface area contributed by atoms with Gasteiger partial charge in [-0.2, -0.15) is 10.2 Å². The summed E-state index contributed by atoms with van der Waals surface area (Å²) in [5, 5.41) is 14.4. The molecule has 4 aromatic rings. The van der Waals surface area contributed by atoms with Crippen molar-refractivity contribution in [2.75, 3.05) is 13.2 Å². The highest BCUT2D eigenvalue weighted by Crippen LogP contribution is 2.36. The quantitative estimate of drug-likeness (QED) is 0.102. The summed E-state index contributed by atoms with van der Waals surface area (Å²) in [7, 11) is 3.74. The molecule has 1 amide bonds. The number of benzene rings is 1. The summed E-state index contributed by atoms with van der Waals surface area (Å²) in [6.07, 6.45) is 8.87. The summed E-state index contributed by atoms with van der Waals surface area (Å²) in [6, 6.07) is 6.13. The predicted octanol–water partition coefficient (Wildman–Crippen LogP) is 8.33. The summed E-state index contributed by atoms with van der Waals surface area (Å²) in [5.74, 6) is 4.07. The fraction of sp³-hybridized carbons (Fsp3) is 0.529. The zero-order valence-corrected chi connectivity index (χ0v) is 32.9. The van der Waals surface area contributed by atoms with Crippen LogP contribution < -0.4 is 9.47 Å². The SMILES string of the molecule is C#Cc1nn(PI)c2ccc(-c3cnn(C)c3OC3CCC(=O)N(Cc4c(C)c(OCC)nn4C)C3)cc12.CC.CC.CC.CC. The van der Waals surface area contributed by atoms with Crippen LogP contribution in [0.4, 0.5) is 0 Å². The fourth-order valence-electron chi connectivity index (χ4n) is 4.82. The van der Waals surface area contributed by atoms with Crippen molar-refractivity contribution in [3.63, 3.8) is 0 Å². The minimum Gasteiger partial charge on any atom is -0.477 e. The topological polar surface area (TPSA) is 92.2 Å². The number of hydrogen-bond donors (Lipinski definition) is 0. The number of fused-ring (bicyclic) bond motifs is 1. The van der Waals surface area contributed by atoms with Crippen LogP contribution in [-0.2, 0) is 25.4 Å². The summed E-state index contributed by atoms with van der Waals surface area (Å²) in [4.78, 5) is 14.7. The van der Waals surface area contributed by atoms with Crippen LogP contribution in [0.3, 0.4) is 0 Å². The largest absolute Gasteiger partial charge is 0.477 e. The molecule has 1 aliphatic heterocycles. The number of carbonyl (C=O) groups excluding carboxylic acids is 1. The number of likely N-dealkylation sites (tertiary alicyclic amines) is 1. The minimum atomic E-state index is -0.172. The van der Waals surface area contributed by atoms with Crippen molar-refractivity contribution >= 4 is 45.2 Å². The van der Waals surface area contributed by atoms with E-state index in [1.807, 2.05) is 111 Å². The second kappa shape index (κ2) is 20.9. The van der Waals surface area contributed by atoms with Crippen LogP contribution in [-0.4, -0.2) is 59.2 Å². The normalized spacial score (nSPS) is 13.8. The van der Waals surface area contributed by atoms with Gasteiger partial charge in [0.05, 0.1) is 49.0 Å². The third-order valence-electron chi connectivity index (χ3n) is 6.83. The number of rotatable bonds is 8. The minimum absolute atomic E-state index is 0.105. The first-order chi connectivity index (χ1) is 22.3. The number of hydrogen-bond acceptors (Lipinski definition) is 6. The molecule has 5 rings (SSSR count). The van der Waals surface area contributed by atoms with E-state index in [9.17, 15) is 4.79 Å². The van der Waals surface area contributed by atoms with Gasteiger partial charge in [-0.25, -0.2) is 9.13 Å². The first-order valence-electron chi connectivity index (χ1n) is 16.3. The molecule has 0 radical (unpaired) electrons. The molecule has 254 valence electrons. The summed E-state index contributed by atoms with van der Waals surface area (Å²) < 4.78 is 17.6. The lowest BCUT2D eigenvalue weighted by atomic mass is 10.0. The van der Waals surface area contributed by atoms with Crippen LogP contribution in [0.5, 0.6) is 11.8 Å². The van der Waals surface area contributed by atoms with Gasteiger partial charge in [0.25, 0.3) is 0 Å². The van der Waals surface area contributed by atoms with Crippen LogP contribution in [0.25, 0.3) is 22.0 Å². The molecule has 4 heterocycles. The molecule has 3 aromatic heterocycles. The number of piperidine rings is 1. The average Bonchev–Trinajstić information content (AvgIpc) is 3.74. The molecule has 1 aliphatic rings. The van der Waals surface area contributed by atoms with Crippen LogP contribution >= 0.6 is 28.4 Å². The standard InChI is InChI=1S/C26H29IN7O3P.4C2H6/c1-6-21-19-12-17(8-10-22(19)34(29-21)38-27)20-13-28-32(5)26(20)37-18-9-11-24(35)33(14-18)15-23-16(3)25(36-7-2)30-31(23)4;4*1-2/h1,8,10,12-13,18,38H,7,9,11,14-15H2,2-5H3;4*1-2H3. The van der Waals surface area contributed by atoms with Gasteiger partial charge >= 0.3 is 0 Å². The predicted molar refractivity (Wildman–Crippen MR) is 201 cm³/mol. The smallest absolute Gasteiger partial charge is 0.236 e. The van der Waals surface area contributed by atoms with Crippen molar-refractivity contribution in [2.45, 2.75) is 94.7 Å². The maximum Gasteiger partial charge on any atom is 0.236 e. The molecule has 46 heavy (non-hydrogen) atoms. The van der Waals surface area contributed by atoms with Crippen molar-refractivity contribution < 1.29 is 14.3 Å². The number of amides is 1. The van der Waals surface area contributed by atoms with Crippen molar-refractivity contribution in [3.05, 3.63) is 41.3 Å². The average molecular weight is 766 g/mol. The molecular formula is C34H53IN7O3P. The lowest BCUT2D eigenvalue weighted by Gasteiger charge is -2.33. The van der Waals surface area contributed by atoms with E-state index in [4.69, 9.17) is 15.9 Å². The zero-order valence-electron chi connectivity index (χ0n) is 29.7. The Morgan fingerprint density at radius 1 is 1.07 bits per heavy atom. The Morgan fingerprint density at radius 3 is 2.35 bits per heavy atom. The van der Waals surface area contributed by atoms with E-state index in [0.29, 0.717) is 56.4 Å². The van der Waals surface area contributed by atoms with Gasteiger partial charge < -0.3 is 14.4 Å². The molecule has 0 bridgehead atoms. The second-order valence-corrected chi connectivity index (χ2v) is 11.2. The summed E-state index contributed by atoms with van der Waals surface area (Å²) >= 11 is 2.30. The second-order valence-electron chi connectivity index (χ2n) is 9.19. The lowest BCUT2D eigenvalue weighted by Crippen LogP contribution is -2.44. The number of nitrogens with zero attached hydrogens (tertiary/aromatic N) is 7. The van der Waals surface area contributed by atoms with E-state index in [1.54, 1.807) is 15.6 Å². The van der Waals surface area contributed by atoms with Crippen molar-refractivity contribution in [2.24, 2.45) is 14.1 Å². The summed E-state index contributed by atoms with van der Waals surface area (Å²) in [6.45, 7) is 21.4. The molecule has 0 N–H and O–H groups in total. The summed E-state index contributed by atoms with van der Waals surface area (Å²) in [5.41, 5.74) is 5.35. The van der Waals surface area contributed by atoms with E-state index in [0.717, 1.165) is 33.3 Å². The molecule has 0 spiro atoms. The number of halogens is 1. The van der Waals surface area contributed by atoms with Crippen molar-refractivity contribution in [3.8, 4) is 35.2 Å². The highest BCUT2D eigenvalue weighted by Gasteiger charge is 2.30. The van der Waals surface area contributed by atoms with E-state index in [1.165, 1.54) is 0 Å². The molecular weight excluding hydrogens is 712 g/mol. The maximum atomic E-state index is 12.8. The van der Waals surface area contributed by atoms with Crippen molar-refractivity contribution in [1.29, 1.82) is 0 Å². The molecule has 10 nitrogen and oxygen atoms in total. The lowest BCUT2D eigenvalue weighted by molar-refractivity contribution is -0.137. The van der Waals surface area contributed by atoms with Crippen LogP contribution in [0.15, 0.2) is 24.4 Å². The molecule has 1 fully saturated rings. The van der Waals surface area contributed by atoms with Gasteiger partial charge in [-0.1, -0.05) is 61.5 Å². The Balaban J connectivity index is 0.00000123.